The molecule has 2 fully saturated rings. The van der Waals surface area contributed by atoms with E-state index in [2.05, 4.69) is 24.3 Å². The third-order valence-electron chi connectivity index (χ3n) is 2.98. The van der Waals surface area contributed by atoms with Crippen LogP contribution >= 0.6 is 0 Å². The van der Waals surface area contributed by atoms with Gasteiger partial charge in [-0.2, -0.15) is 0 Å². The van der Waals surface area contributed by atoms with Gasteiger partial charge in [0.15, 0.2) is 0 Å². The van der Waals surface area contributed by atoms with Gasteiger partial charge in [-0.05, 0) is 11.1 Å². The van der Waals surface area contributed by atoms with Crippen molar-refractivity contribution in [3.63, 3.8) is 0 Å². The van der Waals surface area contributed by atoms with E-state index in [1.54, 1.807) is 0 Å². The first-order chi connectivity index (χ1) is 5.95. The molecule has 1 aromatic rings. The summed E-state index contributed by atoms with van der Waals surface area (Å²) in [5, 5.41) is 0. The molecule has 0 aromatic heterocycles. The summed E-state index contributed by atoms with van der Waals surface area (Å²) in [5.74, 6) is 0. The summed E-state index contributed by atoms with van der Waals surface area (Å²) in [6.45, 7) is 0. The smallest absolute Gasteiger partial charge is 0.118 e. The van der Waals surface area contributed by atoms with Gasteiger partial charge in [0.05, 0.1) is 0 Å². The Kier molecular flexibility index (Phi) is 0.755. The lowest BCUT2D eigenvalue weighted by molar-refractivity contribution is 0.304. The average Bonchev–Trinajstić information content (AvgIpc) is 2.98. The van der Waals surface area contributed by atoms with Crippen molar-refractivity contribution in [1.29, 1.82) is 0 Å². The number of ether oxygens (including phenoxy) is 2. The molecular formula is C10H8O2. The third kappa shape index (κ3) is 0.520. The average molecular weight is 160 g/mol. The first-order valence-corrected chi connectivity index (χ1v) is 4.35. The fourth-order valence-corrected chi connectivity index (χ4v) is 2.28. The summed E-state index contributed by atoms with van der Waals surface area (Å²) >= 11 is 0. The highest BCUT2D eigenvalue weighted by Crippen LogP contribution is 2.60. The van der Waals surface area contributed by atoms with Gasteiger partial charge < -0.3 is 9.47 Å². The second-order valence-corrected chi connectivity index (χ2v) is 3.67. The fourth-order valence-electron chi connectivity index (χ4n) is 2.28. The number of rotatable bonds is 0. The van der Waals surface area contributed by atoms with Gasteiger partial charge in [0.25, 0.3) is 0 Å². The number of hydrogen-bond donors (Lipinski definition) is 0. The molecule has 1 aromatic carbocycles. The topological polar surface area (TPSA) is 25.1 Å². The highest BCUT2D eigenvalue weighted by molar-refractivity contribution is 5.42. The van der Waals surface area contributed by atoms with Crippen LogP contribution in [0.5, 0.6) is 0 Å². The Morgan fingerprint density at radius 3 is 1.83 bits per heavy atom. The van der Waals surface area contributed by atoms with Gasteiger partial charge in [0.2, 0.25) is 0 Å². The Balaban J connectivity index is 1.99. The van der Waals surface area contributed by atoms with Gasteiger partial charge in [-0.25, -0.2) is 0 Å². The molecule has 0 radical (unpaired) electrons. The summed E-state index contributed by atoms with van der Waals surface area (Å²) in [5.41, 5.74) is 2.70. The molecule has 1 aliphatic carbocycles. The molecule has 2 aliphatic heterocycles. The summed E-state index contributed by atoms with van der Waals surface area (Å²) in [6.07, 6.45) is 1.46. The Hall–Kier alpha value is -0.860. The minimum atomic E-state index is 0.352. The molecule has 2 nitrogen and oxygen atoms in total. The maximum absolute atomic E-state index is 5.53. The minimum Gasteiger partial charge on any atom is -0.362 e. The maximum atomic E-state index is 5.53. The van der Waals surface area contributed by atoms with Crippen LogP contribution in [0.1, 0.15) is 23.3 Å². The predicted octanol–water partition coefficient (Wildman–Crippen LogP) is 1.58. The molecule has 3 aliphatic rings. The summed E-state index contributed by atoms with van der Waals surface area (Å²) in [6, 6.07) is 8.44. The zero-order chi connectivity index (χ0) is 7.71. The first kappa shape index (κ1) is 5.73. The number of benzene rings is 1. The molecule has 4 rings (SSSR count). The molecule has 0 amide bonds. The highest BCUT2D eigenvalue weighted by atomic mass is 16.7. The van der Waals surface area contributed by atoms with Crippen molar-refractivity contribution in [3.8, 4) is 0 Å². The van der Waals surface area contributed by atoms with E-state index in [4.69, 9.17) is 9.47 Å². The third-order valence-corrected chi connectivity index (χ3v) is 2.98. The normalized spacial score (nSPS) is 45.7. The van der Waals surface area contributed by atoms with Gasteiger partial charge in [-0.1, -0.05) is 24.3 Å². The highest BCUT2D eigenvalue weighted by Gasteiger charge is 2.63. The van der Waals surface area contributed by atoms with Crippen molar-refractivity contribution < 1.29 is 9.47 Å². The van der Waals surface area contributed by atoms with Crippen molar-refractivity contribution in [3.05, 3.63) is 35.4 Å². The second kappa shape index (κ2) is 1.58. The van der Waals surface area contributed by atoms with Crippen molar-refractivity contribution in [2.24, 2.45) is 0 Å². The number of fused-ring (bicyclic) bond motifs is 6. The molecule has 0 unspecified atom stereocenters. The summed E-state index contributed by atoms with van der Waals surface area (Å²) < 4.78 is 11.1. The van der Waals surface area contributed by atoms with Gasteiger partial charge >= 0.3 is 0 Å². The first-order valence-electron chi connectivity index (χ1n) is 4.35. The van der Waals surface area contributed by atoms with Gasteiger partial charge in [0, 0.05) is 0 Å². The van der Waals surface area contributed by atoms with E-state index in [1.807, 2.05) is 0 Å². The number of hydrogen-bond acceptors (Lipinski definition) is 2. The van der Waals surface area contributed by atoms with Crippen molar-refractivity contribution in [1.82, 2.24) is 0 Å². The van der Waals surface area contributed by atoms with Crippen LogP contribution < -0.4 is 0 Å². The monoisotopic (exact) mass is 160 g/mol. The van der Waals surface area contributed by atoms with Crippen molar-refractivity contribution >= 4 is 0 Å². The van der Waals surface area contributed by atoms with E-state index in [9.17, 15) is 0 Å². The standard InChI is InChI=1S/C10H8O2/c1-2-4-6-5(3-1)7-9(11-7)10-8(6)12-10/h1-4,7-10H/t7-,8-,9-,10-/m0/s1. The molecule has 12 heavy (non-hydrogen) atoms. The molecule has 2 saturated heterocycles. The molecule has 0 spiro atoms. The SMILES string of the molecule is c1ccc2c(c1)[C@@H]1O[C@@H]1[C@H]1O[C@@H]21. The Bertz CT molecular complexity index is 326. The van der Waals surface area contributed by atoms with E-state index in [0.29, 0.717) is 24.4 Å². The maximum Gasteiger partial charge on any atom is 0.118 e. The Morgan fingerprint density at radius 2 is 1.33 bits per heavy atom. The Labute approximate surface area is 70.1 Å². The molecule has 2 heteroatoms. The predicted molar refractivity (Wildman–Crippen MR) is 41.7 cm³/mol. The minimum absolute atomic E-state index is 0.352. The van der Waals surface area contributed by atoms with Crippen LogP contribution in [0.25, 0.3) is 0 Å². The summed E-state index contributed by atoms with van der Waals surface area (Å²) in [7, 11) is 0. The van der Waals surface area contributed by atoms with Crippen LogP contribution in [0.15, 0.2) is 24.3 Å². The van der Waals surface area contributed by atoms with Crippen molar-refractivity contribution in [2.75, 3.05) is 0 Å². The van der Waals surface area contributed by atoms with Crippen LogP contribution in [-0.4, -0.2) is 12.2 Å². The van der Waals surface area contributed by atoms with E-state index in [-0.39, 0.29) is 0 Å². The zero-order valence-electron chi connectivity index (χ0n) is 6.44. The molecule has 4 atom stereocenters. The lowest BCUT2D eigenvalue weighted by atomic mass is 9.92. The van der Waals surface area contributed by atoms with E-state index >= 15 is 0 Å². The lowest BCUT2D eigenvalue weighted by Crippen LogP contribution is -2.07. The van der Waals surface area contributed by atoms with Crippen LogP contribution in [0.4, 0.5) is 0 Å². The fraction of sp³-hybridized carbons (Fsp3) is 0.400. The quantitative estimate of drug-likeness (QED) is 0.538. The zero-order valence-corrected chi connectivity index (χ0v) is 6.44. The van der Waals surface area contributed by atoms with Gasteiger partial charge in [-0.15, -0.1) is 0 Å². The largest absolute Gasteiger partial charge is 0.362 e. The Morgan fingerprint density at radius 1 is 0.833 bits per heavy atom. The molecular weight excluding hydrogens is 152 g/mol. The van der Waals surface area contributed by atoms with Crippen LogP contribution in [0.2, 0.25) is 0 Å². The van der Waals surface area contributed by atoms with E-state index in [1.165, 1.54) is 11.1 Å². The van der Waals surface area contributed by atoms with Crippen LogP contribution in [0, 0.1) is 0 Å². The summed E-state index contributed by atoms with van der Waals surface area (Å²) in [4.78, 5) is 0. The molecule has 0 N–H and O–H groups in total. The van der Waals surface area contributed by atoms with Crippen LogP contribution in [-0.2, 0) is 9.47 Å². The van der Waals surface area contributed by atoms with E-state index in [0.717, 1.165) is 0 Å². The molecule has 2 heterocycles. The van der Waals surface area contributed by atoms with Crippen molar-refractivity contribution in [2.45, 2.75) is 24.4 Å². The van der Waals surface area contributed by atoms with Crippen LogP contribution in [0.3, 0.4) is 0 Å². The second-order valence-electron chi connectivity index (χ2n) is 3.67. The molecule has 60 valence electrons. The van der Waals surface area contributed by atoms with Gasteiger partial charge in [0.1, 0.15) is 24.4 Å². The molecule has 0 bridgehead atoms. The lowest BCUT2D eigenvalue weighted by Gasteiger charge is -2.06. The van der Waals surface area contributed by atoms with E-state index < -0.39 is 0 Å². The number of epoxide rings is 2. The molecule has 0 saturated carbocycles. The van der Waals surface area contributed by atoms with Gasteiger partial charge in [-0.3, -0.25) is 0 Å².